The molecule has 0 spiro atoms. The summed E-state index contributed by atoms with van der Waals surface area (Å²) >= 11 is 0. The summed E-state index contributed by atoms with van der Waals surface area (Å²) < 4.78 is 14.0. The van der Waals surface area contributed by atoms with Gasteiger partial charge in [-0.3, -0.25) is 0 Å². The van der Waals surface area contributed by atoms with Gasteiger partial charge in [0, 0.05) is 0 Å². The molecule has 90 valence electrons. The van der Waals surface area contributed by atoms with Crippen LogP contribution in [-0.2, 0) is 6.42 Å². The third-order valence-corrected chi connectivity index (χ3v) is 3.09. The normalized spacial score (nSPS) is 11.0. The Morgan fingerprint density at radius 2 is 2.00 bits per heavy atom. The van der Waals surface area contributed by atoms with E-state index in [0.717, 1.165) is 23.0 Å². The Labute approximate surface area is 104 Å². The van der Waals surface area contributed by atoms with Gasteiger partial charge in [0.25, 0.3) is 0 Å². The van der Waals surface area contributed by atoms with Gasteiger partial charge in [-0.1, -0.05) is 25.1 Å². The maximum Gasteiger partial charge on any atom is 0.141 e. The predicted octanol–water partition coefficient (Wildman–Crippen LogP) is 3.93. The van der Waals surface area contributed by atoms with Crippen LogP contribution in [0, 0.1) is 5.82 Å². The second kappa shape index (κ2) is 4.26. The highest BCUT2D eigenvalue weighted by Gasteiger charge is 2.10. The fraction of sp³-hybridized carbons (Fsp3) is 0.133. The molecule has 0 saturated heterocycles. The number of aromatic amines is 1. The molecule has 1 N–H and O–H groups in total. The molecule has 0 aliphatic rings. The third kappa shape index (κ3) is 1.78. The number of nitrogens with zero attached hydrogens (tertiary/aromatic N) is 1. The Morgan fingerprint density at radius 1 is 1.17 bits per heavy atom. The number of hydrogen-bond acceptors (Lipinski definition) is 1. The Bertz CT molecular complexity index is 668. The number of imidazole rings is 1. The van der Waals surface area contributed by atoms with Crippen LogP contribution < -0.4 is 0 Å². The second-order valence-electron chi connectivity index (χ2n) is 4.27. The molecule has 1 heterocycles. The summed E-state index contributed by atoms with van der Waals surface area (Å²) in [6.45, 7) is 2.01. The van der Waals surface area contributed by atoms with Crippen LogP contribution >= 0.6 is 0 Å². The average Bonchev–Trinajstić information content (AvgIpc) is 2.81. The van der Waals surface area contributed by atoms with Crippen molar-refractivity contribution in [1.82, 2.24) is 9.97 Å². The Morgan fingerprint density at radius 3 is 2.72 bits per heavy atom. The van der Waals surface area contributed by atoms with Crippen molar-refractivity contribution in [2.75, 3.05) is 0 Å². The SMILES string of the molecule is CCc1ccc(-c2nc3ccccc3[nH]2)c(F)c1. The van der Waals surface area contributed by atoms with Crippen molar-refractivity contribution >= 4 is 11.0 Å². The second-order valence-corrected chi connectivity index (χ2v) is 4.27. The number of halogens is 1. The number of hydrogen-bond donors (Lipinski definition) is 1. The van der Waals surface area contributed by atoms with Crippen molar-refractivity contribution in [3.8, 4) is 11.4 Å². The highest BCUT2D eigenvalue weighted by molar-refractivity contribution is 5.79. The van der Waals surface area contributed by atoms with E-state index in [1.165, 1.54) is 0 Å². The molecular formula is C15H13FN2. The van der Waals surface area contributed by atoms with Crippen LogP contribution in [0.5, 0.6) is 0 Å². The van der Waals surface area contributed by atoms with E-state index in [9.17, 15) is 4.39 Å². The zero-order valence-electron chi connectivity index (χ0n) is 10.1. The standard InChI is InChI=1S/C15H13FN2/c1-2-10-7-8-11(12(16)9-10)15-17-13-5-3-4-6-14(13)18-15/h3-9H,2H2,1H3,(H,17,18). The van der Waals surface area contributed by atoms with E-state index in [2.05, 4.69) is 9.97 Å². The minimum absolute atomic E-state index is 0.228. The van der Waals surface area contributed by atoms with Gasteiger partial charge < -0.3 is 4.98 Å². The van der Waals surface area contributed by atoms with Crippen LogP contribution in [0.15, 0.2) is 42.5 Å². The van der Waals surface area contributed by atoms with E-state index in [-0.39, 0.29) is 5.82 Å². The van der Waals surface area contributed by atoms with E-state index in [0.29, 0.717) is 11.4 Å². The smallest absolute Gasteiger partial charge is 0.141 e. The molecule has 18 heavy (non-hydrogen) atoms. The van der Waals surface area contributed by atoms with Gasteiger partial charge in [-0.2, -0.15) is 0 Å². The van der Waals surface area contributed by atoms with Crippen molar-refractivity contribution < 1.29 is 4.39 Å². The number of rotatable bonds is 2. The zero-order chi connectivity index (χ0) is 12.5. The molecule has 0 radical (unpaired) electrons. The largest absolute Gasteiger partial charge is 0.338 e. The Balaban J connectivity index is 2.14. The highest BCUT2D eigenvalue weighted by atomic mass is 19.1. The van der Waals surface area contributed by atoms with Gasteiger partial charge in [0.15, 0.2) is 0 Å². The molecule has 0 fully saturated rings. The number of para-hydroxylation sites is 2. The van der Waals surface area contributed by atoms with E-state index in [4.69, 9.17) is 0 Å². The summed E-state index contributed by atoms with van der Waals surface area (Å²) in [7, 11) is 0. The fourth-order valence-corrected chi connectivity index (χ4v) is 2.05. The van der Waals surface area contributed by atoms with Crippen LogP contribution in [0.25, 0.3) is 22.4 Å². The number of benzene rings is 2. The van der Waals surface area contributed by atoms with Crippen molar-refractivity contribution in [1.29, 1.82) is 0 Å². The lowest BCUT2D eigenvalue weighted by Gasteiger charge is -2.01. The number of H-pyrrole nitrogens is 1. The van der Waals surface area contributed by atoms with Crippen molar-refractivity contribution in [2.24, 2.45) is 0 Å². The van der Waals surface area contributed by atoms with Crippen molar-refractivity contribution in [2.45, 2.75) is 13.3 Å². The minimum atomic E-state index is -0.228. The van der Waals surface area contributed by atoms with Gasteiger partial charge in [0.1, 0.15) is 11.6 Å². The number of aromatic nitrogens is 2. The molecule has 3 rings (SSSR count). The fourth-order valence-electron chi connectivity index (χ4n) is 2.05. The molecule has 2 aromatic carbocycles. The first kappa shape index (κ1) is 11.0. The number of nitrogens with one attached hydrogen (secondary N) is 1. The van der Waals surface area contributed by atoms with Gasteiger partial charge in [0.05, 0.1) is 16.6 Å². The molecule has 0 aliphatic carbocycles. The summed E-state index contributed by atoms with van der Waals surface area (Å²) in [5.41, 5.74) is 3.29. The highest BCUT2D eigenvalue weighted by Crippen LogP contribution is 2.23. The number of fused-ring (bicyclic) bond motifs is 1. The van der Waals surface area contributed by atoms with Gasteiger partial charge in [-0.25, -0.2) is 9.37 Å². The minimum Gasteiger partial charge on any atom is -0.338 e. The first-order valence-electron chi connectivity index (χ1n) is 6.01. The molecule has 0 unspecified atom stereocenters. The number of aryl methyl sites for hydroxylation is 1. The molecule has 0 aliphatic heterocycles. The molecule has 0 amide bonds. The van der Waals surface area contributed by atoms with Crippen LogP contribution in [0.2, 0.25) is 0 Å². The summed E-state index contributed by atoms with van der Waals surface area (Å²) in [6, 6.07) is 13.0. The van der Waals surface area contributed by atoms with Gasteiger partial charge in [-0.15, -0.1) is 0 Å². The third-order valence-electron chi connectivity index (χ3n) is 3.09. The molecule has 0 bridgehead atoms. The van der Waals surface area contributed by atoms with E-state index >= 15 is 0 Å². The molecule has 0 saturated carbocycles. The molecule has 3 heteroatoms. The molecule has 0 atom stereocenters. The summed E-state index contributed by atoms with van der Waals surface area (Å²) in [4.78, 5) is 7.54. The van der Waals surface area contributed by atoms with E-state index in [1.807, 2.05) is 37.3 Å². The lowest BCUT2D eigenvalue weighted by molar-refractivity contribution is 0.628. The first-order valence-corrected chi connectivity index (χ1v) is 6.01. The topological polar surface area (TPSA) is 28.7 Å². The molecule has 3 aromatic rings. The average molecular weight is 240 g/mol. The lowest BCUT2D eigenvalue weighted by atomic mass is 10.1. The van der Waals surface area contributed by atoms with Crippen LogP contribution in [-0.4, -0.2) is 9.97 Å². The quantitative estimate of drug-likeness (QED) is 0.722. The van der Waals surface area contributed by atoms with Crippen molar-refractivity contribution in [3.63, 3.8) is 0 Å². The molecule has 1 aromatic heterocycles. The van der Waals surface area contributed by atoms with E-state index < -0.39 is 0 Å². The van der Waals surface area contributed by atoms with Gasteiger partial charge in [0.2, 0.25) is 0 Å². The zero-order valence-corrected chi connectivity index (χ0v) is 10.1. The summed E-state index contributed by atoms with van der Waals surface area (Å²) in [6.07, 6.45) is 0.831. The van der Waals surface area contributed by atoms with Gasteiger partial charge in [-0.05, 0) is 36.2 Å². The predicted molar refractivity (Wildman–Crippen MR) is 70.9 cm³/mol. The maximum absolute atomic E-state index is 14.0. The van der Waals surface area contributed by atoms with Crippen LogP contribution in [0.3, 0.4) is 0 Å². The summed E-state index contributed by atoms with van der Waals surface area (Å²) in [5, 5.41) is 0. The first-order chi connectivity index (χ1) is 8.78. The summed E-state index contributed by atoms with van der Waals surface area (Å²) in [5.74, 6) is 0.352. The van der Waals surface area contributed by atoms with E-state index in [1.54, 1.807) is 12.1 Å². The maximum atomic E-state index is 14.0. The van der Waals surface area contributed by atoms with Crippen molar-refractivity contribution in [3.05, 3.63) is 53.8 Å². The van der Waals surface area contributed by atoms with Gasteiger partial charge >= 0.3 is 0 Å². The van der Waals surface area contributed by atoms with Crippen LogP contribution in [0.1, 0.15) is 12.5 Å². The lowest BCUT2D eigenvalue weighted by Crippen LogP contribution is -1.89. The Kier molecular flexibility index (Phi) is 2.59. The monoisotopic (exact) mass is 240 g/mol. The molecule has 2 nitrogen and oxygen atoms in total. The van der Waals surface area contributed by atoms with Crippen LogP contribution in [0.4, 0.5) is 4.39 Å². The molecular weight excluding hydrogens is 227 g/mol. The Hall–Kier alpha value is -2.16.